The Morgan fingerprint density at radius 2 is 1.93 bits per heavy atom. The third-order valence-corrected chi connectivity index (χ3v) is 5.33. The highest BCUT2D eigenvalue weighted by Gasteiger charge is 2.16. The highest BCUT2D eigenvalue weighted by molar-refractivity contribution is 7.99. The Morgan fingerprint density at radius 3 is 2.78 bits per heavy atom. The summed E-state index contributed by atoms with van der Waals surface area (Å²) in [5, 5.41) is 12.6. The SMILES string of the molecule is O=c1[nH]ccc2c3[nH]c(Sc4cccc(O)c4)nc3c3ccc(F)cc3c12. The highest BCUT2D eigenvalue weighted by Crippen LogP contribution is 2.35. The maximum Gasteiger partial charge on any atom is 0.256 e. The zero-order valence-corrected chi connectivity index (χ0v) is 14.6. The Labute approximate surface area is 155 Å². The van der Waals surface area contributed by atoms with Gasteiger partial charge in [0.1, 0.15) is 11.6 Å². The van der Waals surface area contributed by atoms with Gasteiger partial charge in [-0.05, 0) is 42.5 Å². The average Bonchev–Trinajstić information content (AvgIpc) is 3.05. The quantitative estimate of drug-likeness (QED) is 0.394. The van der Waals surface area contributed by atoms with Crippen LogP contribution in [-0.2, 0) is 0 Å². The fourth-order valence-corrected chi connectivity index (χ4v) is 4.17. The van der Waals surface area contributed by atoms with E-state index in [2.05, 4.69) is 15.0 Å². The number of phenols is 1. The molecule has 0 aliphatic rings. The molecule has 0 atom stereocenters. The molecule has 0 bridgehead atoms. The minimum Gasteiger partial charge on any atom is -0.508 e. The van der Waals surface area contributed by atoms with Crippen LogP contribution in [0.2, 0.25) is 0 Å². The first-order chi connectivity index (χ1) is 13.1. The molecule has 7 heteroatoms. The van der Waals surface area contributed by atoms with Crippen LogP contribution in [-0.4, -0.2) is 20.1 Å². The average molecular weight is 377 g/mol. The van der Waals surface area contributed by atoms with Crippen molar-refractivity contribution in [3.63, 3.8) is 0 Å². The molecule has 0 fully saturated rings. The summed E-state index contributed by atoms with van der Waals surface area (Å²) in [6.07, 6.45) is 1.57. The second kappa shape index (κ2) is 5.85. The number of fused-ring (bicyclic) bond motifs is 6. The van der Waals surface area contributed by atoms with Crippen LogP contribution >= 0.6 is 11.8 Å². The van der Waals surface area contributed by atoms with Gasteiger partial charge < -0.3 is 15.1 Å². The van der Waals surface area contributed by atoms with Crippen LogP contribution < -0.4 is 5.56 Å². The second-order valence-corrected chi connectivity index (χ2v) is 7.21. The van der Waals surface area contributed by atoms with Crippen LogP contribution in [0, 0.1) is 5.82 Å². The fraction of sp³-hybridized carbons (Fsp3) is 0. The summed E-state index contributed by atoms with van der Waals surface area (Å²) in [5.41, 5.74) is 1.12. The first kappa shape index (κ1) is 15.9. The van der Waals surface area contributed by atoms with Gasteiger partial charge in [0.05, 0.1) is 16.4 Å². The lowest BCUT2D eigenvalue weighted by Crippen LogP contribution is -2.05. The van der Waals surface area contributed by atoms with E-state index in [4.69, 9.17) is 0 Å². The molecule has 3 aromatic carbocycles. The van der Waals surface area contributed by atoms with E-state index in [-0.39, 0.29) is 11.3 Å². The number of aromatic amines is 2. The standard InChI is InChI=1S/C20H12FN3O2S/c21-10-4-5-13-15(8-10)16-14(6-7-22-19(16)26)18-17(13)23-20(24-18)27-12-3-1-2-11(25)9-12/h1-9,25H,(H,22,26)(H,23,24). The zero-order valence-electron chi connectivity index (χ0n) is 13.8. The van der Waals surface area contributed by atoms with Gasteiger partial charge in [-0.2, -0.15) is 0 Å². The van der Waals surface area contributed by atoms with Crippen LogP contribution in [0.5, 0.6) is 5.75 Å². The molecule has 27 heavy (non-hydrogen) atoms. The first-order valence-electron chi connectivity index (χ1n) is 8.19. The number of phenolic OH excluding ortho intramolecular Hbond substituents is 1. The van der Waals surface area contributed by atoms with E-state index >= 15 is 0 Å². The Morgan fingerprint density at radius 1 is 1.04 bits per heavy atom. The molecule has 5 aromatic rings. The smallest absolute Gasteiger partial charge is 0.256 e. The summed E-state index contributed by atoms with van der Waals surface area (Å²) in [6.45, 7) is 0. The summed E-state index contributed by atoms with van der Waals surface area (Å²) >= 11 is 1.37. The monoisotopic (exact) mass is 377 g/mol. The number of rotatable bonds is 2. The first-order valence-corrected chi connectivity index (χ1v) is 9.01. The lowest BCUT2D eigenvalue weighted by molar-refractivity contribution is 0.474. The van der Waals surface area contributed by atoms with Crippen molar-refractivity contribution in [3.05, 3.63) is 70.9 Å². The third kappa shape index (κ3) is 2.55. The summed E-state index contributed by atoms with van der Waals surface area (Å²) < 4.78 is 13.9. The normalized spacial score (nSPS) is 11.6. The van der Waals surface area contributed by atoms with Crippen molar-refractivity contribution in [3.8, 4) is 5.75 Å². The predicted octanol–water partition coefficient (Wildman–Crippen LogP) is 4.55. The molecule has 0 spiro atoms. The van der Waals surface area contributed by atoms with Crippen molar-refractivity contribution < 1.29 is 9.50 Å². The lowest BCUT2D eigenvalue weighted by atomic mass is 10.0. The number of benzene rings is 3. The molecule has 0 saturated heterocycles. The van der Waals surface area contributed by atoms with Crippen molar-refractivity contribution in [1.29, 1.82) is 0 Å². The molecular formula is C20H12FN3O2S. The van der Waals surface area contributed by atoms with Gasteiger partial charge >= 0.3 is 0 Å². The van der Waals surface area contributed by atoms with Crippen LogP contribution in [0.3, 0.4) is 0 Å². The van der Waals surface area contributed by atoms with Gasteiger partial charge in [-0.1, -0.05) is 17.8 Å². The lowest BCUT2D eigenvalue weighted by Gasteiger charge is -2.05. The van der Waals surface area contributed by atoms with Crippen LogP contribution in [0.4, 0.5) is 4.39 Å². The van der Waals surface area contributed by atoms with Gasteiger partial charge in [0.15, 0.2) is 5.16 Å². The van der Waals surface area contributed by atoms with Gasteiger partial charge in [0, 0.05) is 27.3 Å². The van der Waals surface area contributed by atoms with E-state index in [1.54, 1.807) is 36.5 Å². The number of hydrogen-bond donors (Lipinski definition) is 3. The third-order valence-electron chi connectivity index (χ3n) is 4.45. The summed E-state index contributed by atoms with van der Waals surface area (Å²) in [4.78, 5) is 23.9. The van der Waals surface area contributed by atoms with E-state index in [9.17, 15) is 14.3 Å². The van der Waals surface area contributed by atoms with Crippen molar-refractivity contribution in [2.75, 3.05) is 0 Å². The van der Waals surface area contributed by atoms with E-state index in [0.29, 0.717) is 32.2 Å². The van der Waals surface area contributed by atoms with E-state index < -0.39 is 5.82 Å². The number of H-pyrrole nitrogens is 2. The number of pyridine rings is 1. The number of aromatic hydroxyl groups is 1. The molecule has 5 rings (SSSR count). The van der Waals surface area contributed by atoms with Crippen molar-refractivity contribution in [2.45, 2.75) is 10.1 Å². The molecule has 3 N–H and O–H groups in total. The summed E-state index contributed by atoms with van der Waals surface area (Å²) in [5.74, 6) is -0.231. The van der Waals surface area contributed by atoms with Gasteiger partial charge in [-0.15, -0.1) is 0 Å². The number of hydrogen-bond acceptors (Lipinski definition) is 4. The van der Waals surface area contributed by atoms with Gasteiger partial charge in [-0.25, -0.2) is 9.37 Å². The fourth-order valence-electron chi connectivity index (χ4n) is 3.33. The molecule has 2 aromatic heterocycles. The maximum absolute atomic E-state index is 13.9. The van der Waals surface area contributed by atoms with E-state index in [0.717, 1.165) is 10.4 Å². The Kier molecular flexibility index (Phi) is 3.45. The Balaban J connectivity index is 1.84. The molecular weight excluding hydrogens is 365 g/mol. The highest BCUT2D eigenvalue weighted by atomic mass is 32.2. The predicted molar refractivity (Wildman–Crippen MR) is 104 cm³/mol. The Bertz CT molecular complexity index is 1410. The molecule has 0 saturated carbocycles. The summed E-state index contributed by atoms with van der Waals surface area (Å²) in [6, 6.07) is 13.0. The van der Waals surface area contributed by atoms with Gasteiger partial charge in [-0.3, -0.25) is 4.79 Å². The number of nitrogens with zero attached hydrogens (tertiary/aromatic N) is 1. The zero-order chi connectivity index (χ0) is 18.5. The topological polar surface area (TPSA) is 81.8 Å². The van der Waals surface area contributed by atoms with E-state index in [1.807, 2.05) is 6.07 Å². The molecule has 0 aliphatic carbocycles. The maximum atomic E-state index is 13.9. The molecule has 0 aliphatic heterocycles. The molecule has 2 heterocycles. The number of halogens is 1. The molecule has 0 radical (unpaired) electrons. The summed E-state index contributed by atoms with van der Waals surface area (Å²) in [7, 11) is 0. The number of aromatic nitrogens is 3. The van der Waals surface area contributed by atoms with Crippen molar-refractivity contribution >= 4 is 44.3 Å². The van der Waals surface area contributed by atoms with Crippen molar-refractivity contribution in [2.24, 2.45) is 0 Å². The minimum atomic E-state index is -0.406. The van der Waals surface area contributed by atoms with Crippen LogP contribution in [0.25, 0.3) is 32.6 Å². The largest absolute Gasteiger partial charge is 0.508 e. The second-order valence-electron chi connectivity index (χ2n) is 6.15. The van der Waals surface area contributed by atoms with Crippen LogP contribution in [0.1, 0.15) is 0 Å². The molecule has 132 valence electrons. The van der Waals surface area contributed by atoms with E-state index in [1.165, 1.54) is 23.9 Å². The molecule has 0 unspecified atom stereocenters. The van der Waals surface area contributed by atoms with Crippen LogP contribution in [0.15, 0.2) is 69.6 Å². The molecule has 0 amide bonds. The Hall–Kier alpha value is -3.32. The number of imidazole rings is 1. The van der Waals surface area contributed by atoms with Gasteiger partial charge in [0.25, 0.3) is 5.56 Å². The van der Waals surface area contributed by atoms with Crippen molar-refractivity contribution in [1.82, 2.24) is 15.0 Å². The number of nitrogens with one attached hydrogen (secondary N) is 2. The molecule has 5 nitrogen and oxygen atoms in total. The van der Waals surface area contributed by atoms with Gasteiger partial charge in [0.2, 0.25) is 0 Å². The minimum absolute atomic E-state index is 0.175.